The van der Waals surface area contributed by atoms with E-state index in [1.807, 2.05) is 6.92 Å². The highest BCUT2D eigenvalue weighted by Crippen LogP contribution is 2.34. The average Bonchev–Trinajstić information content (AvgIpc) is 2.44. The molecule has 1 amide bonds. The topological polar surface area (TPSA) is 55.1 Å². The summed E-state index contributed by atoms with van der Waals surface area (Å²) in [6, 6.07) is 8.11. The minimum atomic E-state index is -0.664. The van der Waals surface area contributed by atoms with Gasteiger partial charge in [0.15, 0.2) is 0 Å². The van der Waals surface area contributed by atoms with Crippen LogP contribution in [0.4, 0.5) is 14.5 Å². The molecular weight excluding hydrogens is 294 g/mol. The maximum atomic E-state index is 13.7. The first kappa shape index (κ1) is 15.3. The van der Waals surface area contributed by atoms with Gasteiger partial charge >= 0.3 is 0 Å². The van der Waals surface area contributed by atoms with E-state index in [9.17, 15) is 13.6 Å². The molecule has 0 saturated heterocycles. The fourth-order valence-electron chi connectivity index (χ4n) is 1.70. The molecule has 0 spiro atoms. The van der Waals surface area contributed by atoms with Crippen molar-refractivity contribution in [1.82, 2.24) is 5.32 Å². The van der Waals surface area contributed by atoms with Crippen LogP contribution in [0.3, 0.4) is 0 Å². The molecule has 0 bridgehead atoms. The summed E-state index contributed by atoms with van der Waals surface area (Å²) in [6.07, 6.45) is 0. The monoisotopic (exact) mass is 308 g/mol. The van der Waals surface area contributed by atoms with Crippen molar-refractivity contribution < 1.29 is 13.6 Å². The SMILES string of the molecule is CCNC(=O)c1ccc(N)c(Sc2ccc(F)cc2F)c1. The largest absolute Gasteiger partial charge is 0.398 e. The zero-order chi connectivity index (χ0) is 15.4. The van der Waals surface area contributed by atoms with Gasteiger partial charge in [-0.1, -0.05) is 11.8 Å². The molecule has 0 saturated carbocycles. The van der Waals surface area contributed by atoms with E-state index in [4.69, 9.17) is 5.73 Å². The molecule has 3 nitrogen and oxygen atoms in total. The van der Waals surface area contributed by atoms with Crippen molar-refractivity contribution in [2.24, 2.45) is 0 Å². The van der Waals surface area contributed by atoms with Crippen LogP contribution >= 0.6 is 11.8 Å². The van der Waals surface area contributed by atoms with Gasteiger partial charge in [0.25, 0.3) is 5.91 Å². The van der Waals surface area contributed by atoms with Crippen molar-refractivity contribution in [3.05, 3.63) is 53.6 Å². The van der Waals surface area contributed by atoms with Crippen molar-refractivity contribution in [2.45, 2.75) is 16.7 Å². The minimum absolute atomic E-state index is 0.223. The number of nitrogens with one attached hydrogen (secondary N) is 1. The third-order valence-corrected chi connectivity index (χ3v) is 3.85. The highest BCUT2D eigenvalue weighted by Gasteiger charge is 2.11. The van der Waals surface area contributed by atoms with E-state index in [2.05, 4.69) is 5.32 Å². The van der Waals surface area contributed by atoms with Crippen LogP contribution in [0.25, 0.3) is 0 Å². The van der Waals surface area contributed by atoms with Gasteiger partial charge in [0.05, 0.1) is 0 Å². The Bertz CT molecular complexity index is 677. The van der Waals surface area contributed by atoms with Crippen LogP contribution in [0, 0.1) is 11.6 Å². The molecule has 3 N–H and O–H groups in total. The Morgan fingerprint density at radius 1 is 1.19 bits per heavy atom. The third kappa shape index (κ3) is 3.72. The minimum Gasteiger partial charge on any atom is -0.398 e. The quantitative estimate of drug-likeness (QED) is 0.851. The van der Waals surface area contributed by atoms with Crippen LogP contribution in [0.15, 0.2) is 46.2 Å². The highest BCUT2D eigenvalue weighted by molar-refractivity contribution is 7.99. The normalized spacial score (nSPS) is 10.4. The fourth-order valence-corrected chi connectivity index (χ4v) is 2.60. The predicted molar refractivity (Wildman–Crippen MR) is 79.3 cm³/mol. The summed E-state index contributed by atoms with van der Waals surface area (Å²) in [5.41, 5.74) is 6.71. The number of nitrogen functional groups attached to an aromatic ring is 1. The summed E-state index contributed by atoms with van der Waals surface area (Å²) in [5, 5.41) is 2.68. The molecule has 0 aliphatic rings. The molecule has 2 aromatic carbocycles. The molecule has 110 valence electrons. The molecule has 0 heterocycles. The number of carbonyl (C=O) groups is 1. The molecule has 0 aliphatic heterocycles. The second-order valence-corrected chi connectivity index (χ2v) is 5.37. The Morgan fingerprint density at radius 2 is 1.95 bits per heavy atom. The number of carbonyl (C=O) groups excluding carboxylic acids is 1. The maximum absolute atomic E-state index is 13.7. The molecule has 0 unspecified atom stereocenters. The molecule has 2 rings (SSSR count). The molecule has 21 heavy (non-hydrogen) atoms. The van der Waals surface area contributed by atoms with E-state index < -0.39 is 11.6 Å². The first-order chi connectivity index (χ1) is 10.0. The number of amides is 1. The molecule has 0 aliphatic carbocycles. The van der Waals surface area contributed by atoms with Gasteiger partial charge in [-0.3, -0.25) is 4.79 Å². The lowest BCUT2D eigenvalue weighted by molar-refractivity contribution is 0.0955. The summed E-state index contributed by atoms with van der Waals surface area (Å²) in [7, 11) is 0. The van der Waals surface area contributed by atoms with Crippen molar-refractivity contribution in [2.75, 3.05) is 12.3 Å². The Kier molecular flexibility index (Phi) is 4.80. The summed E-state index contributed by atoms with van der Waals surface area (Å²) < 4.78 is 26.6. The van der Waals surface area contributed by atoms with Gasteiger partial charge in [-0.05, 0) is 37.3 Å². The molecule has 0 atom stereocenters. The van der Waals surface area contributed by atoms with E-state index in [1.54, 1.807) is 18.2 Å². The van der Waals surface area contributed by atoms with Gasteiger partial charge in [-0.15, -0.1) is 0 Å². The van der Waals surface area contributed by atoms with Gasteiger partial charge in [0.1, 0.15) is 11.6 Å². The lowest BCUT2D eigenvalue weighted by Crippen LogP contribution is -2.22. The van der Waals surface area contributed by atoms with E-state index in [0.29, 0.717) is 22.7 Å². The first-order valence-corrected chi connectivity index (χ1v) is 7.13. The number of hydrogen-bond acceptors (Lipinski definition) is 3. The van der Waals surface area contributed by atoms with Gasteiger partial charge < -0.3 is 11.1 Å². The number of rotatable bonds is 4. The average molecular weight is 308 g/mol. The Balaban J connectivity index is 2.30. The van der Waals surface area contributed by atoms with Gasteiger partial charge in [-0.2, -0.15) is 0 Å². The van der Waals surface area contributed by atoms with Crippen LogP contribution in [-0.2, 0) is 0 Å². The van der Waals surface area contributed by atoms with Gasteiger partial charge in [0.2, 0.25) is 0 Å². The lowest BCUT2D eigenvalue weighted by Gasteiger charge is -2.09. The fraction of sp³-hybridized carbons (Fsp3) is 0.133. The molecule has 0 radical (unpaired) electrons. The zero-order valence-corrected chi connectivity index (χ0v) is 12.1. The standard InChI is InChI=1S/C15H14F2N2OS/c1-2-19-15(20)9-3-5-12(18)14(7-9)21-13-6-4-10(16)8-11(13)17/h3-8H,2,18H2,1H3,(H,19,20). The third-order valence-electron chi connectivity index (χ3n) is 2.73. The number of benzene rings is 2. The molecule has 6 heteroatoms. The van der Waals surface area contributed by atoms with E-state index in [-0.39, 0.29) is 10.8 Å². The van der Waals surface area contributed by atoms with Crippen LogP contribution in [0.5, 0.6) is 0 Å². The smallest absolute Gasteiger partial charge is 0.251 e. The molecule has 2 aromatic rings. The van der Waals surface area contributed by atoms with Crippen molar-refractivity contribution in [1.29, 1.82) is 0 Å². The van der Waals surface area contributed by atoms with Crippen molar-refractivity contribution >= 4 is 23.4 Å². The van der Waals surface area contributed by atoms with E-state index >= 15 is 0 Å². The number of anilines is 1. The van der Waals surface area contributed by atoms with E-state index in [0.717, 1.165) is 17.8 Å². The van der Waals surface area contributed by atoms with Crippen molar-refractivity contribution in [3.63, 3.8) is 0 Å². The molecule has 0 aromatic heterocycles. The molecular formula is C15H14F2N2OS. The van der Waals surface area contributed by atoms with Crippen LogP contribution in [0.1, 0.15) is 17.3 Å². The van der Waals surface area contributed by atoms with Crippen LogP contribution < -0.4 is 11.1 Å². The van der Waals surface area contributed by atoms with Gasteiger partial charge in [0, 0.05) is 33.7 Å². The summed E-state index contributed by atoms with van der Waals surface area (Å²) >= 11 is 1.05. The Morgan fingerprint density at radius 3 is 2.62 bits per heavy atom. The predicted octanol–water partition coefficient (Wildman–Crippen LogP) is 3.45. The van der Waals surface area contributed by atoms with E-state index in [1.165, 1.54) is 12.1 Å². The zero-order valence-electron chi connectivity index (χ0n) is 11.3. The first-order valence-electron chi connectivity index (χ1n) is 6.32. The van der Waals surface area contributed by atoms with Crippen LogP contribution in [0.2, 0.25) is 0 Å². The van der Waals surface area contributed by atoms with Crippen LogP contribution in [-0.4, -0.2) is 12.5 Å². The van der Waals surface area contributed by atoms with Crippen molar-refractivity contribution in [3.8, 4) is 0 Å². The summed E-state index contributed by atoms with van der Waals surface area (Å²) in [6.45, 7) is 2.33. The number of hydrogen-bond donors (Lipinski definition) is 2. The number of nitrogens with two attached hydrogens (primary N) is 1. The summed E-state index contributed by atoms with van der Waals surface area (Å²) in [5.74, 6) is -1.53. The highest BCUT2D eigenvalue weighted by atomic mass is 32.2. The second-order valence-electron chi connectivity index (χ2n) is 4.29. The maximum Gasteiger partial charge on any atom is 0.251 e. The second kappa shape index (κ2) is 6.58. The number of halogens is 2. The summed E-state index contributed by atoms with van der Waals surface area (Å²) in [4.78, 5) is 12.6. The molecule has 0 fully saturated rings. The lowest BCUT2D eigenvalue weighted by atomic mass is 10.2. The Hall–Kier alpha value is -2.08. The van der Waals surface area contributed by atoms with Gasteiger partial charge in [-0.25, -0.2) is 8.78 Å². The Labute approximate surface area is 125 Å².